The average molecular weight is 267 g/mol. The smallest absolute Gasteiger partial charge is 0.132 e. The van der Waals surface area contributed by atoms with Crippen LogP contribution in [0.1, 0.15) is 17.0 Å². The van der Waals surface area contributed by atoms with Crippen molar-refractivity contribution in [2.45, 2.75) is 20.4 Å². The van der Waals surface area contributed by atoms with Crippen LogP contribution >= 0.6 is 0 Å². The maximum atomic E-state index is 8.57. The van der Waals surface area contributed by atoms with Gasteiger partial charge in [0.2, 0.25) is 0 Å². The Morgan fingerprint density at radius 3 is 2.35 bits per heavy atom. The molecule has 2 N–H and O–H groups in total. The van der Waals surface area contributed by atoms with Crippen molar-refractivity contribution in [3.05, 3.63) is 47.3 Å². The zero-order chi connectivity index (χ0) is 14.4. The highest BCUT2D eigenvalue weighted by molar-refractivity contribution is 5.48. The van der Waals surface area contributed by atoms with Gasteiger partial charge >= 0.3 is 0 Å². The molecule has 2 aromatic rings. The third-order valence-electron chi connectivity index (χ3n) is 2.78. The predicted molar refractivity (Wildman–Crippen MR) is 79.4 cm³/mol. The van der Waals surface area contributed by atoms with Crippen molar-refractivity contribution in [3.63, 3.8) is 0 Å². The molecule has 5 heteroatoms. The van der Waals surface area contributed by atoms with E-state index in [4.69, 9.17) is 5.26 Å². The molecule has 1 aromatic heterocycles. The summed E-state index contributed by atoms with van der Waals surface area (Å²) in [6.07, 6.45) is 0. The van der Waals surface area contributed by atoms with Crippen LogP contribution in [0.4, 0.5) is 11.6 Å². The largest absolute Gasteiger partial charge is 0.366 e. The zero-order valence-corrected chi connectivity index (χ0v) is 11.6. The van der Waals surface area contributed by atoms with Crippen LogP contribution in [0.5, 0.6) is 0 Å². The van der Waals surface area contributed by atoms with Crippen LogP contribution in [0, 0.1) is 25.2 Å². The van der Waals surface area contributed by atoms with Crippen molar-refractivity contribution in [3.8, 4) is 6.07 Å². The lowest BCUT2D eigenvalue weighted by Gasteiger charge is -2.09. The van der Waals surface area contributed by atoms with E-state index in [0.29, 0.717) is 18.2 Å². The molecule has 0 aliphatic rings. The van der Waals surface area contributed by atoms with E-state index >= 15 is 0 Å². The second-order valence-corrected chi connectivity index (χ2v) is 4.54. The molecule has 0 amide bonds. The van der Waals surface area contributed by atoms with Gasteiger partial charge in [-0.2, -0.15) is 5.26 Å². The molecule has 0 saturated carbocycles. The Morgan fingerprint density at radius 1 is 1.05 bits per heavy atom. The summed E-state index contributed by atoms with van der Waals surface area (Å²) in [6.45, 7) is 4.83. The standard InChI is InChI=1S/C15H17N5/c1-11-3-5-13(6-4-11)10-18-15-9-14(17-8-7-16)19-12(2)20-15/h3-6,9H,8,10H2,1-2H3,(H2,17,18,19,20). The highest BCUT2D eigenvalue weighted by atomic mass is 15.1. The Bertz CT molecular complexity index is 613. The minimum Gasteiger partial charge on any atom is -0.366 e. The maximum absolute atomic E-state index is 8.57. The van der Waals surface area contributed by atoms with E-state index in [9.17, 15) is 0 Å². The SMILES string of the molecule is Cc1ccc(CNc2cc(NCC#N)nc(C)n2)cc1. The number of hydrogen-bond donors (Lipinski definition) is 2. The van der Waals surface area contributed by atoms with Crippen LogP contribution in [0.2, 0.25) is 0 Å². The fraction of sp³-hybridized carbons (Fsp3) is 0.267. The first-order valence-corrected chi connectivity index (χ1v) is 6.43. The molecule has 0 radical (unpaired) electrons. The summed E-state index contributed by atoms with van der Waals surface area (Å²) < 4.78 is 0. The molecule has 1 aromatic carbocycles. The summed E-state index contributed by atoms with van der Waals surface area (Å²) in [4.78, 5) is 8.55. The summed E-state index contributed by atoms with van der Waals surface area (Å²) >= 11 is 0. The Labute approximate surface area is 118 Å². The lowest BCUT2D eigenvalue weighted by atomic mass is 10.1. The number of rotatable bonds is 5. The lowest BCUT2D eigenvalue weighted by Crippen LogP contribution is -2.07. The number of nitrogens with one attached hydrogen (secondary N) is 2. The minimum absolute atomic E-state index is 0.230. The molecule has 0 fully saturated rings. The quantitative estimate of drug-likeness (QED) is 0.815. The van der Waals surface area contributed by atoms with Gasteiger partial charge in [-0.05, 0) is 19.4 Å². The van der Waals surface area contributed by atoms with Crippen LogP contribution in [0.15, 0.2) is 30.3 Å². The highest BCUT2D eigenvalue weighted by Gasteiger charge is 2.01. The molecule has 0 atom stereocenters. The van der Waals surface area contributed by atoms with E-state index in [0.717, 1.165) is 5.82 Å². The number of nitrogens with zero attached hydrogens (tertiary/aromatic N) is 3. The number of aromatic nitrogens is 2. The maximum Gasteiger partial charge on any atom is 0.132 e. The first-order chi connectivity index (χ1) is 9.67. The van der Waals surface area contributed by atoms with Gasteiger partial charge in [-0.3, -0.25) is 0 Å². The first kappa shape index (κ1) is 13.8. The molecule has 5 nitrogen and oxygen atoms in total. The number of hydrogen-bond acceptors (Lipinski definition) is 5. The molecule has 0 saturated heterocycles. The number of nitriles is 1. The van der Waals surface area contributed by atoms with E-state index in [1.807, 2.05) is 13.0 Å². The van der Waals surface area contributed by atoms with Gasteiger partial charge in [0.05, 0.1) is 6.07 Å². The van der Waals surface area contributed by atoms with Gasteiger partial charge in [0.15, 0.2) is 0 Å². The van der Waals surface area contributed by atoms with Crippen LogP contribution in [0.25, 0.3) is 0 Å². The molecule has 2 rings (SSSR count). The predicted octanol–water partition coefficient (Wildman–Crippen LogP) is 2.64. The van der Waals surface area contributed by atoms with Crippen LogP contribution in [0.3, 0.4) is 0 Å². The Kier molecular flexibility index (Phi) is 4.51. The van der Waals surface area contributed by atoms with E-state index in [-0.39, 0.29) is 6.54 Å². The summed E-state index contributed by atoms with van der Waals surface area (Å²) in [5.41, 5.74) is 2.44. The van der Waals surface area contributed by atoms with Crippen molar-refractivity contribution in [2.24, 2.45) is 0 Å². The highest BCUT2D eigenvalue weighted by Crippen LogP contribution is 2.12. The molecule has 0 aliphatic carbocycles. The fourth-order valence-electron chi connectivity index (χ4n) is 1.78. The van der Waals surface area contributed by atoms with Gasteiger partial charge in [0.25, 0.3) is 0 Å². The van der Waals surface area contributed by atoms with Crippen molar-refractivity contribution < 1.29 is 0 Å². The Hall–Kier alpha value is -2.61. The third-order valence-corrected chi connectivity index (χ3v) is 2.78. The first-order valence-electron chi connectivity index (χ1n) is 6.43. The molecule has 0 aliphatic heterocycles. The Balaban J connectivity index is 2.03. The molecule has 0 unspecified atom stereocenters. The molecule has 20 heavy (non-hydrogen) atoms. The average Bonchev–Trinajstić information content (AvgIpc) is 2.44. The van der Waals surface area contributed by atoms with Crippen LogP contribution < -0.4 is 10.6 Å². The molecule has 1 heterocycles. The normalized spacial score (nSPS) is 9.85. The molecular formula is C15H17N5. The third kappa shape index (κ3) is 3.95. The second kappa shape index (κ2) is 6.53. The van der Waals surface area contributed by atoms with Crippen molar-refractivity contribution in [1.29, 1.82) is 5.26 Å². The minimum atomic E-state index is 0.230. The van der Waals surface area contributed by atoms with E-state index in [1.165, 1.54) is 11.1 Å². The number of benzene rings is 1. The monoisotopic (exact) mass is 267 g/mol. The molecule has 102 valence electrons. The second-order valence-electron chi connectivity index (χ2n) is 4.54. The van der Waals surface area contributed by atoms with E-state index in [2.05, 4.69) is 51.8 Å². The van der Waals surface area contributed by atoms with E-state index < -0.39 is 0 Å². The molecular weight excluding hydrogens is 250 g/mol. The summed E-state index contributed by atoms with van der Waals surface area (Å²) in [6, 6.07) is 12.2. The molecule has 0 bridgehead atoms. The van der Waals surface area contributed by atoms with Gasteiger partial charge in [-0.15, -0.1) is 0 Å². The van der Waals surface area contributed by atoms with Crippen LogP contribution in [-0.4, -0.2) is 16.5 Å². The Morgan fingerprint density at radius 2 is 1.70 bits per heavy atom. The summed E-state index contributed by atoms with van der Waals surface area (Å²) in [5.74, 6) is 2.07. The van der Waals surface area contributed by atoms with Gasteiger partial charge in [-0.25, -0.2) is 9.97 Å². The van der Waals surface area contributed by atoms with Gasteiger partial charge < -0.3 is 10.6 Å². The van der Waals surface area contributed by atoms with Gasteiger partial charge in [-0.1, -0.05) is 29.8 Å². The van der Waals surface area contributed by atoms with Crippen molar-refractivity contribution in [2.75, 3.05) is 17.2 Å². The number of anilines is 2. The zero-order valence-electron chi connectivity index (χ0n) is 11.6. The van der Waals surface area contributed by atoms with Gasteiger partial charge in [0.1, 0.15) is 24.0 Å². The topological polar surface area (TPSA) is 73.6 Å². The van der Waals surface area contributed by atoms with E-state index in [1.54, 1.807) is 6.07 Å². The summed E-state index contributed by atoms with van der Waals surface area (Å²) in [7, 11) is 0. The van der Waals surface area contributed by atoms with Crippen molar-refractivity contribution in [1.82, 2.24) is 9.97 Å². The fourth-order valence-corrected chi connectivity index (χ4v) is 1.78. The van der Waals surface area contributed by atoms with Crippen molar-refractivity contribution >= 4 is 11.6 Å². The lowest BCUT2D eigenvalue weighted by molar-refractivity contribution is 1.02. The number of aryl methyl sites for hydroxylation is 2. The van der Waals surface area contributed by atoms with Crippen LogP contribution in [-0.2, 0) is 6.54 Å². The molecule has 0 spiro atoms. The summed E-state index contributed by atoms with van der Waals surface area (Å²) in [5, 5.41) is 14.8. The van der Waals surface area contributed by atoms with Gasteiger partial charge in [0, 0.05) is 12.6 Å².